The van der Waals surface area contributed by atoms with Crippen LogP contribution in [0.15, 0.2) is 18.2 Å². The average Bonchev–Trinajstić information content (AvgIpc) is 2.75. The van der Waals surface area contributed by atoms with Crippen LogP contribution in [0.3, 0.4) is 0 Å². The molecule has 1 saturated heterocycles. The molecule has 2 aliphatic heterocycles. The fourth-order valence-corrected chi connectivity index (χ4v) is 4.12. The summed E-state index contributed by atoms with van der Waals surface area (Å²) in [7, 11) is 0. The zero-order valence-corrected chi connectivity index (χ0v) is 18.7. The van der Waals surface area contributed by atoms with E-state index >= 15 is 0 Å². The van der Waals surface area contributed by atoms with E-state index in [0.717, 1.165) is 23.3 Å². The number of hydrogen-bond donors (Lipinski definition) is 1. The van der Waals surface area contributed by atoms with Gasteiger partial charge in [0.05, 0.1) is 17.9 Å². The molecule has 0 aliphatic carbocycles. The van der Waals surface area contributed by atoms with Crippen LogP contribution < -0.4 is 15.0 Å². The van der Waals surface area contributed by atoms with Gasteiger partial charge in [-0.25, -0.2) is 18.7 Å². The molecule has 1 fully saturated rings. The van der Waals surface area contributed by atoms with Crippen molar-refractivity contribution in [2.24, 2.45) is 0 Å². The summed E-state index contributed by atoms with van der Waals surface area (Å²) in [6, 6.07) is 3.55. The molecule has 0 saturated carbocycles. The highest BCUT2D eigenvalue weighted by molar-refractivity contribution is 5.73. The van der Waals surface area contributed by atoms with Crippen molar-refractivity contribution in [2.45, 2.75) is 58.7 Å². The van der Waals surface area contributed by atoms with Crippen LogP contribution in [0.5, 0.6) is 5.75 Å². The summed E-state index contributed by atoms with van der Waals surface area (Å²) in [6.45, 7) is 8.16. The summed E-state index contributed by atoms with van der Waals surface area (Å²) >= 11 is 0. The first-order valence-corrected chi connectivity index (χ1v) is 11.1. The molecule has 32 heavy (non-hydrogen) atoms. The number of amides is 1. The monoisotopic (exact) mass is 445 g/mol. The number of halogens is 2. The molecule has 1 aromatic carbocycles. The van der Waals surface area contributed by atoms with Gasteiger partial charge >= 0.3 is 0 Å². The Morgan fingerprint density at radius 3 is 2.56 bits per heavy atom. The van der Waals surface area contributed by atoms with Crippen molar-refractivity contribution in [2.75, 3.05) is 29.9 Å². The number of carbonyl (C=O) groups excluding carboxylic acids is 1. The van der Waals surface area contributed by atoms with E-state index in [0.29, 0.717) is 51.3 Å². The minimum Gasteiger partial charge on any atom is -0.487 e. The van der Waals surface area contributed by atoms with Gasteiger partial charge in [-0.3, -0.25) is 4.79 Å². The number of carbonyl (C=O) groups is 1. The minimum atomic E-state index is -0.684. The Morgan fingerprint density at radius 2 is 1.91 bits per heavy atom. The summed E-state index contributed by atoms with van der Waals surface area (Å²) in [5.74, 6) is 0.340. The lowest BCUT2D eigenvalue weighted by atomic mass is 10.1. The van der Waals surface area contributed by atoms with Crippen LogP contribution >= 0.6 is 0 Å². The highest BCUT2D eigenvalue weighted by atomic mass is 19.1. The molecule has 9 heteroatoms. The number of ether oxygens (including phenoxy) is 1. The smallest absolute Gasteiger partial charge is 0.219 e. The van der Waals surface area contributed by atoms with Gasteiger partial charge in [0.1, 0.15) is 11.9 Å². The van der Waals surface area contributed by atoms with Crippen molar-refractivity contribution in [3.05, 3.63) is 41.2 Å². The van der Waals surface area contributed by atoms with Gasteiger partial charge in [0.25, 0.3) is 0 Å². The Balaban J connectivity index is 1.49. The Kier molecular flexibility index (Phi) is 6.43. The second-order valence-electron chi connectivity index (χ2n) is 8.66. The molecule has 2 aliphatic rings. The number of benzene rings is 1. The fraction of sp³-hybridized carbons (Fsp3) is 0.522. The van der Waals surface area contributed by atoms with Crippen LogP contribution in [0, 0.1) is 11.6 Å². The quantitative estimate of drug-likeness (QED) is 0.759. The van der Waals surface area contributed by atoms with Crippen LogP contribution in [-0.2, 0) is 17.8 Å². The summed E-state index contributed by atoms with van der Waals surface area (Å²) in [5, 5.41) is 3.39. The third kappa shape index (κ3) is 4.92. The third-order valence-corrected chi connectivity index (χ3v) is 5.79. The van der Waals surface area contributed by atoms with Crippen molar-refractivity contribution < 1.29 is 18.3 Å². The minimum absolute atomic E-state index is 0.0413. The molecule has 2 aromatic rings. The van der Waals surface area contributed by atoms with Crippen molar-refractivity contribution >= 4 is 17.5 Å². The van der Waals surface area contributed by atoms with Gasteiger partial charge in [-0.1, -0.05) is 0 Å². The predicted molar refractivity (Wildman–Crippen MR) is 118 cm³/mol. The second-order valence-corrected chi connectivity index (χ2v) is 8.66. The van der Waals surface area contributed by atoms with Crippen LogP contribution in [0.2, 0.25) is 0 Å². The summed E-state index contributed by atoms with van der Waals surface area (Å²) in [4.78, 5) is 25.5. The van der Waals surface area contributed by atoms with Gasteiger partial charge in [-0.15, -0.1) is 0 Å². The molecular weight excluding hydrogens is 416 g/mol. The number of hydrogen-bond acceptors (Lipinski definition) is 6. The fourth-order valence-electron chi connectivity index (χ4n) is 4.12. The van der Waals surface area contributed by atoms with Crippen molar-refractivity contribution in [3.63, 3.8) is 0 Å². The molecule has 0 unspecified atom stereocenters. The third-order valence-electron chi connectivity index (χ3n) is 5.79. The van der Waals surface area contributed by atoms with E-state index in [1.165, 1.54) is 12.1 Å². The first-order valence-electron chi connectivity index (χ1n) is 11.1. The SMILES string of the molecule is CC(=O)N1CCc2nc(N3CCC(Oc4ccc(F)cc4F)CC3)c(NC(C)C)nc2C1. The molecule has 4 rings (SSSR count). The maximum atomic E-state index is 13.9. The molecule has 1 amide bonds. The predicted octanol–water partition coefficient (Wildman–Crippen LogP) is 3.53. The van der Waals surface area contributed by atoms with Crippen molar-refractivity contribution in [1.29, 1.82) is 0 Å². The molecule has 0 spiro atoms. The standard InChI is InChI=1S/C23H29F2N5O2/c1-14(2)26-22-23(28-19-8-11-30(15(3)31)13-20(19)27-22)29-9-6-17(7-10-29)32-21-5-4-16(24)12-18(21)25/h4-5,12,14,17H,6-11,13H2,1-3H3,(H,26,27). The van der Waals surface area contributed by atoms with Gasteiger partial charge < -0.3 is 19.9 Å². The Morgan fingerprint density at radius 1 is 1.16 bits per heavy atom. The Bertz CT molecular complexity index is 993. The lowest BCUT2D eigenvalue weighted by Crippen LogP contribution is -2.40. The number of piperidine rings is 1. The highest BCUT2D eigenvalue weighted by Gasteiger charge is 2.28. The number of aromatic nitrogens is 2. The topological polar surface area (TPSA) is 70.6 Å². The molecule has 1 N–H and O–H groups in total. The van der Waals surface area contributed by atoms with E-state index in [1.807, 2.05) is 13.8 Å². The van der Waals surface area contributed by atoms with Crippen LogP contribution in [0.25, 0.3) is 0 Å². The molecule has 172 valence electrons. The van der Waals surface area contributed by atoms with Gasteiger partial charge in [0.15, 0.2) is 23.2 Å². The zero-order chi connectivity index (χ0) is 22.8. The van der Waals surface area contributed by atoms with Gasteiger partial charge in [-0.2, -0.15) is 0 Å². The number of nitrogens with one attached hydrogen (secondary N) is 1. The van der Waals surface area contributed by atoms with E-state index in [2.05, 4.69) is 10.2 Å². The van der Waals surface area contributed by atoms with Gasteiger partial charge in [0, 0.05) is 57.9 Å². The zero-order valence-electron chi connectivity index (χ0n) is 18.7. The summed E-state index contributed by atoms with van der Waals surface area (Å²) in [6.07, 6.45) is 1.91. The van der Waals surface area contributed by atoms with Crippen LogP contribution in [-0.4, -0.2) is 52.6 Å². The molecule has 1 aromatic heterocycles. The molecular formula is C23H29F2N5O2. The lowest BCUT2D eigenvalue weighted by Gasteiger charge is -2.35. The van der Waals surface area contributed by atoms with E-state index in [4.69, 9.17) is 14.7 Å². The van der Waals surface area contributed by atoms with Crippen LogP contribution in [0.1, 0.15) is 45.0 Å². The van der Waals surface area contributed by atoms with E-state index in [1.54, 1.807) is 11.8 Å². The molecule has 7 nitrogen and oxygen atoms in total. The van der Waals surface area contributed by atoms with Crippen molar-refractivity contribution in [3.8, 4) is 5.75 Å². The molecule has 0 bridgehead atoms. The van der Waals surface area contributed by atoms with Crippen molar-refractivity contribution in [1.82, 2.24) is 14.9 Å². The maximum absolute atomic E-state index is 13.9. The van der Waals surface area contributed by atoms with E-state index in [9.17, 15) is 13.6 Å². The summed E-state index contributed by atoms with van der Waals surface area (Å²) in [5.41, 5.74) is 1.77. The Hall–Kier alpha value is -2.97. The van der Waals surface area contributed by atoms with Crippen LogP contribution in [0.4, 0.5) is 20.4 Å². The van der Waals surface area contributed by atoms with E-state index < -0.39 is 11.6 Å². The molecule has 0 radical (unpaired) electrons. The summed E-state index contributed by atoms with van der Waals surface area (Å²) < 4.78 is 32.9. The first kappa shape index (κ1) is 22.2. The lowest BCUT2D eigenvalue weighted by molar-refractivity contribution is -0.129. The van der Waals surface area contributed by atoms with E-state index in [-0.39, 0.29) is 23.8 Å². The number of nitrogens with zero attached hydrogens (tertiary/aromatic N) is 4. The number of fused-ring (bicyclic) bond motifs is 1. The number of rotatable bonds is 5. The maximum Gasteiger partial charge on any atom is 0.219 e. The largest absolute Gasteiger partial charge is 0.487 e. The second kappa shape index (κ2) is 9.26. The molecule has 0 atom stereocenters. The van der Waals surface area contributed by atoms with Gasteiger partial charge in [-0.05, 0) is 26.0 Å². The first-order chi connectivity index (χ1) is 15.3. The average molecular weight is 446 g/mol. The highest BCUT2D eigenvalue weighted by Crippen LogP contribution is 2.30. The number of anilines is 2. The van der Waals surface area contributed by atoms with Gasteiger partial charge in [0.2, 0.25) is 5.91 Å². The molecule has 3 heterocycles. The Labute approximate surface area is 186 Å². The normalized spacial score (nSPS) is 16.8.